The Morgan fingerprint density at radius 2 is 2.24 bits per heavy atom. The number of rotatable bonds is 5. The SMILES string of the molecule is COC[C@@H]1CN(C(=O)c2ccnc(C)c2)C[C@H]1c1nc(C2CC2)no1. The van der Waals surface area contributed by atoms with Crippen LogP contribution in [-0.2, 0) is 4.74 Å². The van der Waals surface area contributed by atoms with E-state index in [1.54, 1.807) is 19.4 Å². The van der Waals surface area contributed by atoms with E-state index < -0.39 is 0 Å². The lowest BCUT2D eigenvalue weighted by Crippen LogP contribution is -2.29. The van der Waals surface area contributed by atoms with Crippen molar-refractivity contribution in [3.8, 4) is 0 Å². The number of amides is 1. The molecule has 1 saturated carbocycles. The molecule has 2 aliphatic rings. The summed E-state index contributed by atoms with van der Waals surface area (Å²) < 4.78 is 10.9. The minimum absolute atomic E-state index is 0.0102. The van der Waals surface area contributed by atoms with E-state index in [1.165, 1.54) is 0 Å². The third-order valence-corrected chi connectivity index (χ3v) is 4.97. The van der Waals surface area contributed by atoms with Crippen LogP contribution in [0.15, 0.2) is 22.9 Å². The molecule has 1 saturated heterocycles. The van der Waals surface area contributed by atoms with Gasteiger partial charge in [-0.15, -0.1) is 0 Å². The summed E-state index contributed by atoms with van der Waals surface area (Å²) >= 11 is 0. The lowest BCUT2D eigenvalue weighted by molar-refractivity contribution is 0.0775. The highest BCUT2D eigenvalue weighted by atomic mass is 16.5. The second kappa shape index (κ2) is 6.55. The molecule has 7 nitrogen and oxygen atoms in total. The van der Waals surface area contributed by atoms with E-state index in [1.807, 2.05) is 17.9 Å². The number of hydrogen-bond acceptors (Lipinski definition) is 6. The number of carbonyl (C=O) groups is 1. The predicted molar refractivity (Wildman–Crippen MR) is 89.3 cm³/mol. The number of hydrogen-bond donors (Lipinski definition) is 0. The Kier molecular flexibility index (Phi) is 4.25. The van der Waals surface area contributed by atoms with E-state index in [0.717, 1.165) is 24.4 Å². The van der Waals surface area contributed by atoms with Gasteiger partial charge in [-0.05, 0) is 31.9 Å². The molecule has 1 amide bonds. The van der Waals surface area contributed by atoms with Crippen LogP contribution in [0.1, 0.15) is 52.4 Å². The first kappa shape index (κ1) is 16.2. The van der Waals surface area contributed by atoms with Crippen molar-refractivity contribution >= 4 is 5.91 Å². The first-order valence-electron chi connectivity index (χ1n) is 8.70. The van der Waals surface area contributed by atoms with Gasteiger partial charge in [0.25, 0.3) is 5.91 Å². The van der Waals surface area contributed by atoms with Crippen molar-refractivity contribution in [2.45, 2.75) is 31.6 Å². The zero-order valence-corrected chi connectivity index (χ0v) is 14.5. The highest BCUT2D eigenvalue weighted by molar-refractivity contribution is 5.94. The van der Waals surface area contributed by atoms with Crippen LogP contribution >= 0.6 is 0 Å². The van der Waals surface area contributed by atoms with Crippen LogP contribution in [0.2, 0.25) is 0 Å². The molecule has 0 radical (unpaired) electrons. The molecule has 2 atom stereocenters. The monoisotopic (exact) mass is 342 g/mol. The van der Waals surface area contributed by atoms with Crippen LogP contribution < -0.4 is 0 Å². The van der Waals surface area contributed by atoms with Gasteiger partial charge in [-0.2, -0.15) is 4.98 Å². The van der Waals surface area contributed by atoms with Crippen LogP contribution in [0.5, 0.6) is 0 Å². The minimum Gasteiger partial charge on any atom is -0.384 e. The molecule has 0 bridgehead atoms. The van der Waals surface area contributed by atoms with Gasteiger partial charge in [0.15, 0.2) is 5.82 Å². The van der Waals surface area contributed by atoms with Gasteiger partial charge in [0.2, 0.25) is 5.89 Å². The standard InChI is InChI=1S/C18H22N4O3/c1-11-7-13(5-6-19-11)18(23)22-8-14(10-24-2)15(9-22)17-20-16(21-25-17)12-3-4-12/h5-7,12,14-15H,3-4,8-10H2,1-2H3/t14-,15+/m0/s1. The fraction of sp³-hybridized carbons (Fsp3) is 0.556. The maximum Gasteiger partial charge on any atom is 0.254 e. The van der Waals surface area contributed by atoms with Crippen molar-refractivity contribution in [1.82, 2.24) is 20.0 Å². The number of nitrogens with zero attached hydrogens (tertiary/aromatic N) is 4. The quantitative estimate of drug-likeness (QED) is 0.828. The number of pyridine rings is 1. The smallest absolute Gasteiger partial charge is 0.254 e. The van der Waals surface area contributed by atoms with E-state index >= 15 is 0 Å². The lowest BCUT2D eigenvalue weighted by atomic mass is 9.97. The topological polar surface area (TPSA) is 81.4 Å². The third-order valence-electron chi connectivity index (χ3n) is 4.97. The second-order valence-electron chi connectivity index (χ2n) is 6.98. The molecule has 25 heavy (non-hydrogen) atoms. The van der Waals surface area contributed by atoms with Crippen LogP contribution in [0, 0.1) is 12.8 Å². The predicted octanol–water partition coefficient (Wildman–Crippen LogP) is 2.15. The Bertz CT molecular complexity index is 771. The first-order valence-corrected chi connectivity index (χ1v) is 8.70. The summed E-state index contributed by atoms with van der Waals surface area (Å²) in [6, 6.07) is 3.57. The summed E-state index contributed by atoms with van der Waals surface area (Å²) in [7, 11) is 1.68. The number of methoxy groups -OCH3 is 1. The Balaban J connectivity index is 1.54. The van der Waals surface area contributed by atoms with E-state index in [-0.39, 0.29) is 17.7 Å². The number of likely N-dealkylation sites (tertiary alicyclic amines) is 1. The molecule has 2 aromatic rings. The molecule has 3 heterocycles. The maximum absolute atomic E-state index is 12.8. The van der Waals surface area contributed by atoms with Gasteiger partial charge in [-0.1, -0.05) is 5.16 Å². The fourth-order valence-electron chi connectivity index (χ4n) is 3.47. The normalized spacial score (nSPS) is 23.2. The zero-order chi connectivity index (χ0) is 17.4. The van der Waals surface area contributed by atoms with E-state index in [0.29, 0.717) is 37.1 Å². The van der Waals surface area contributed by atoms with Crippen LogP contribution in [-0.4, -0.2) is 52.7 Å². The van der Waals surface area contributed by atoms with Crippen molar-refractivity contribution in [3.05, 3.63) is 41.3 Å². The third kappa shape index (κ3) is 3.28. The van der Waals surface area contributed by atoms with Crippen molar-refractivity contribution in [2.24, 2.45) is 5.92 Å². The highest BCUT2D eigenvalue weighted by Gasteiger charge is 2.40. The van der Waals surface area contributed by atoms with Gasteiger partial charge in [0.1, 0.15) is 0 Å². The number of ether oxygens (including phenoxy) is 1. The molecule has 1 aliphatic carbocycles. The molecular formula is C18H22N4O3. The molecule has 4 rings (SSSR count). The molecule has 7 heteroatoms. The largest absolute Gasteiger partial charge is 0.384 e. The molecule has 132 valence electrons. The molecular weight excluding hydrogens is 320 g/mol. The van der Waals surface area contributed by atoms with E-state index in [9.17, 15) is 4.79 Å². The molecule has 0 unspecified atom stereocenters. The van der Waals surface area contributed by atoms with Crippen LogP contribution in [0.3, 0.4) is 0 Å². The molecule has 2 aromatic heterocycles. The Morgan fingerprint density at radius 3 is 2.96 bits per heavy atom. The Labute approximate surface area is 146 Å². The Morgan fingerprint density at radius 1 is 1.40 bits per heavy atom. The van der Waals surface area contributed by atoms with Gasteiger partial charge >= 0.3 is 0 Å². The average molecular weight is 342 g/mol. The van der Waals surface area contributed by atoms with Crippen molar-refractivity contribution in [3.63, 3.8) is 0 Å². The van der Waals surface area contributed by atoms with Crippen molar-refractivity contribution in [1.29, 1.82) is 0 Å². The Hall–Kier alpha value is -2.28. The zero-order valence-electron chi connectivity index (χ0n) is 14.5. The fourth-order valence-corrected chi connectivity index (χ4v) is 3.47. The average Bonchev–Trinajstić information content (AvgIpc) is 3.19. The lowest BCUT2D eigenvalue weighted by Gasteiger charge is -2.16. The molecule has 2 fully saturated rings. The molecule has 0 aromatic carbocycles. The summed E-state index contributed by atoms with van der Waals surface area (Å²) in [6.07, 6.45) is 3.94. The minimum atomic E-state index is 0.0102. The number of aromatic nitrogens is 3. The summed E-state index contributed by atoms with van der Waals surface area (Å²) in [5.74, 6) is 2.08. The summed E-state index contributed by atoms with van der Waals surface area (Å²) in [5, 5.41) is 4.12. The van der Waals surface area contributed by atoms with E-state index in [2.05, 4.69) is 15.1 Å². The first-order chi connectivity index (χ1) is 12.2. The summed E-state index contributed by atoms with van der Waals surface area (Å²) in [5.41, 5.74) is 1.49. The molecule has 0 spiro atoms. The summed E-state index contributed by atoms with van der Waals surface area (Å²) in [6.45, 7) is 3.64. The van der Waals surface area contributed by atoms with Gasteiger partial charge in [-0.3, -0.25) is 9.78 Å². The second-order valence-corrected chi connectivity index (χ2v) is 6.98. The molecule has 0 N–H and O–H groups in total. The van der Waals surface area contributed by atoms with Crippen molar-refractivity contribution in [2.75, 3.05) is 26.8 Å². The number of aryl methyl sites for hydroxylation is 1. The number of carbonyl (C=O) groups excluding carboxylic acids is 1. The van der Waals surface area contributed by atoms with Crippen LogP contribution in [0.4, 0.5) is 0 Å². The van der Waals surface area contributed by atoms with Gasteiger partial charge in [0, 0.05) is 49.5 Å². The summed E-state index contributed by atoms with van der Waals surface area (Å²) in [4.78, 5) is 23.4. The van der Waals surface area contributed by atoms with Crippen LogP contribution in [0.25, 0.3) is 0 Å². The van der Waals surface area contributed by atoms with Gasteiger partial charge in [-0.25, -0.2) is 0 Å². The van der Waals surface area contributed by atoms with Gasteiger partial charge in [0.05, 0.1) is 12.5 Å². The van der Waals surface area contributed by atoms with E-state index in [4.69, 9.17) is 9.26 Å². The van der Waals surface area contributed by atoms with Crippen molar-refractivity contribution < 1.29 is 14.1 Å². The highest BCUT2D eigenvalue weighted by Crippen LogP contribution is 2.40. The maximum atomic E-state index is 12.8. The van der Waals surface area contributed by atoms with Gasteiger partial charge < -0.3 is 14.2 Å². The molecule has 1 aliphatic heterocycles.